The van der Waals surface area contributed by atoms with Crippen LogP contribution in [0.1, 0.15) is 278 Å². The largest absolute Gasteiger partial charge is 0.462 e. The number of rotatable bonds is 55. The Bertz CT molecular complexity index is 1570. The second-order valence-corrected chi connectivity index (χ2v) is 20.2. The summed E-state index contributed by atoms with van der Waals surface area (Å²) in [7, 11) is 0. The molecule has 0 amide bonds. The Labute approximate surface area is 462 Å². The normalized spacial score (nSPS) is 12.9. The molecule has 0 rings (SSSR count). The van der Waals surface area contributed by atoms with Crippen molar-refractivity contribution >= 4 is 17.9 Å². The van der Waals surface area contributed by atoms with Crippen LogP contribution >= 0.6 is 0 Å². The third kappa shape index (κ3) is 60.6. The molecule has 0 aliphatic heterocycles. The molecule has 0 spiro atoms. The van der Waals surface area contributed by atoms with E-state index in [0.29, 0.717) is 19.3 Å². The first-order valence-corrected chi connectivity index (χ1v) is 31.0. The monoisotopic (exact) mass is 1040 g/mol. The third-order valence-electron chi connectivity index (χ3n) is 13.0. The third-order valence-corrected chi connectivity index (χ3v) is 13.0. The van der Waals surface area contributed by atoms with E-state index >= 15 is 0 Å². The maximum Gasteiger partial charge on any atom is 0.306 e. The summed E-state index contributed by atoms with van der Waals surface area (Å²) in [6.45, 7) is 6.33. The number of allylic oxidation sites excluding steroid dienone is 20. The van der Waals surface area contributed by atoms with E-state index in [-0.39, 0.29) is 31.6 Å². The van der Waals surface area contributed by atoms with Gasteiger partial charge in [-0.3, -0.25) is 14.4 Å². The highest BCUT2D eigenvalue weighted by Gasteiger charge is 2.19. The van der Waals surface area contributed by atoms with Crippen molar-refractivity contribution in [3.63, 3.8) is 0 Å². The predicted molar refractivity (Wildman–Crippen MR) is 325 cm³/mol. The summed E-state index contributed by atoms with van der Waals surface area (Å²) < 4.78 is 16.7. The molecule has 0 radical (unpaired) electrons. The zero-order chi connectivity index (χ0) is 54.3. The first-order chi connectivity index (χ1) is 37.0. The molecule has 0 saturated carbocycles. The minimum absolute atomic E-state index is 0.105. The second-order valence-electron chi connectivity index (χ2n) is 20.2. The van der Waals surface area contributed by atoms with Crippen molar-refractivity contribution in [3.8, 4) is 0 Å². The number of esters is 3. The van der Waals surface area contributed by atoms with E-state index in [1.165, 1.54) is 128 Å². The van der Waals surface area contributed by atoms with Crippen molar-refractivity contribution in [2.24, 2.45) is 0 Å². The standard InChI is InChI=1S/C69H114O6/c1-4-7-10-13-16-19-21-23-24-25-26-27-28-29-30-31-32-33-34-35-36-37-38-39-40-41-42-43-44-46-47-50-53-56-59-62-68(71)74-65-66(64-73-67(70)61-58-55-52-49-18-15-12-9-6-3)75-69(72)63-60-57-54-51-48-45-22-20-17-14-11-8-5-2/h7-8,10-11,16-17,19-20,23-24,26-27,29-30,32-33,45,48,54,57,66H,4-6,9,12-15,18,21-22,25,28,31,34-44,46-47,49-53,55-56,58-65H2,1-3H3/b10-7-,11-8-,19-16-,20-17-,24-23-,27-26-,30-29-,33-32-,48-45-,57-54-. The van der Waals surface area contributed by atoms with E-state index in [9.17, 15) is 14.4 Å². The van der Waals surface area contributed by atoms with Gasteiger partial charge >= 0.3 is 17.9 Å². The lowest BCUT2D eigenvalue weighted by molar-refractivity contribution is -0.166. The number of carbonyl (C=O) groups is 3. The molecule has 0 heterocycles. The van der Waals surface area contributed by atoms with E-state index in [2.05, 4.69) is 130 Å². The van der Waals surface area contributed by atoms with Crippen LogP contribution in [0.25, 0.3) is 0 Å². The van der Waals surface area contributed by atoms with Crippen LogP contribution in [0.3, 0.4) is 0 Å². The van der Waals surface area contributed by atoms with Gasteiger partial charge in [-0.2, -0.15) is 0 Å². The fourth-order valence-corrected chi connectivity index (χ4v) is 8.40. The predicted octanol–water partition coefficient (Wildman–Crippen LogP) is 21.2. The van der Waals surface area contributed by atoms with E-state index in [4.69, 9.17) is 14.2 Å². The number of hydrogen-bond acceptors (Lipinski definition) is 6. The zero-order valence-electron chi connectivity index (χ0n) is 48.8. The number of carbonyl (C=O) groups excluding carboxylic acids is 3. The molecular formula is C69H114O6. The molecule has 426 valence electrons. The molecule has 1 unspecified atom stereocenters. The Morgan fingerprint density at radius 2 is 0.547 bits per heavy atom. The SMILES string of the molecule is CC/C=C\C/C=C\C/C=C\C/C=C\C/C=C\C/C=C\CCCCCCCCCCCCCCCCCCC(=O)OCC(COC(=O)CCCCCCCCCCC)OC(=O)CC/C=C\C/C=C\C/C=C\C/C=C\CC. The molecule has 0 aliphatic carbocycles. The number of ether oxygens (including phenoxy) is 3. The molecule has 6 heteroatoms. The highest BCUT2D eigenvalue weighted by Crippen LogP contribution is 2.16. The molecule has 75 heavy (non-hydrogen) atoms. The first-order valence-electron chi connectivity index (χ1n) is 31.0. The molecule has 0 aromatic rings. The molecule has 0 bridgehead atoms. The summed E-state index contributed by atoms with van der Waals surface area (Å²) >= 11 is 0. The van der Waals surface area contributed by atoms with Gasteiger partial charge in [0.15, 0.2) is 6.10 Å². The topological polar surface area (TPSA) is 78.9 Å². The Morgan fingerprint density at radius 3 is 0.867 bits per heavy atom. The van der Waals surface area contributed by atoms with Crippen LogP contribution in [0.2, 0.25) is 0 Å². The average molecular weight is 1040 g/mol. The van der Waals surface area contributed by atoms with Gasteiger partial charge in [0.1, 0.15) is 13.2 Å². The van der Waals surface area contributed by atoms with Crippen LogP contribution in [-0.4, -0.2) is 37.2 Å². The van der Waals surface area contributed by atoms with Crippen molar-refractivity contribution < 1.29 is 28.6 Å². The van der Waals surface area contributed by atoms with E-state index in [1.807, 2.05) is 12.2 Å². The van der Waals surface area contributed by atoms with Crippen LogP contribution in [0.4, 0.5) is 0 Å². The molecule has 0 aliphatic rings. The summed E-state index contributed by atoms with van der Waals surface area (Å²) in [5.74, 6) is -0.988. The van der Waals surface area contributed by atoms with Crippen molar-refractivity contribution in [1.29, 1.82) is 0 Å². The summed E-state index contributed by atoms with van der Waals surface area (Å²) in [5, 5.41) is 0. The van der Waals surface area contributed by atoms with Crippen molar-refractivity contribution in [1.82, 2.24) is 0 Å². The fourth-order valence-electron chi connectivity index (χ4n) is 8.40. The summed E-state index contributed by atoms with van der Waals surface area (Å²) in [6, 6.07) is 0. The van der Waals surface area contributed by atoms with Crippen molar-refractivity contribution in [2.45, 2.75) is 284 Å². The number of hydrogen-bond donors (Lipinski definition) is 0. The minimum atomic E-state index is -0.813. The van der Waals surface area contributed by atoms with Gasteiger partial charge in [0.25, 0.3) is 0 Å². The Hall–Kier alpha value is -4.19. The van der Waals surface area contributed by atoms with Gasteiger partial charge in [-0.1, -0.05) is 284 Å². The van der Waals surface area contributed by atoms with Gasteiger partial charge in [-0.15, -0.1) is 0 Å². The lowest BCUT2D eigenvalue weighted by atomic mass is 10.0. The Kier molecular flexibility index (Phi) is 58.9. The van der Waals surface area contributed by atoms with Crippen LogP contribution < -0.4 is 0 Å². The van der Waals surface area contributed by atoms with Crippen LogP contribution in [0.15, 0.2) is 122 Å². The zero-order valence-corrected chi connectivity index (χ0v) is 48.8. The molecule has 0 N–H and O–H groups in total. The first kappa shape index (κ1) is 70.8. The van der Waals surface area contributed by atoms with Crippen molar-refractivity contribution in [2.75, 3.05) is 13.2 Å². The molecule has 0 aromatic carbocycles. The average Bonchev–Trinajstić information content (AvgIpc) is 3.41. The van der Waals surface area contributed by atoms with Gasteiger partial charge in [-0.25, -0.2) is 0 Å². The van der Waals surface area contributed by atoms with E-state index in [1.54, 1.807) is 0 Å². The van der Waals surface area contributed by atoms with Gasteiger partial charge in [0.05, 0.1) is 0 Å². The molecule has 0 saturated heterocycles. The maximum absolute atomic E-state index is 12.8. The van der Waals surface area contributed by atoms with Gasteiger partial charge in [0.2, 0.25) is 0 Å². The lowest BCUT2D eigenvalue weighted by Crippen LogP contribution is -2.30. The molecule has 0 fully saturated rings. The Balaban J connectivity index is 4.08. The van der Waals surface area contributed by atoms with E-state index in [0.717, 1.165) is 103 Å². The quantitative estimate of drug-likeness (QED) is 0.0261. The fraction of sp³-hybridized carbons (Fsp3) is 0.667. The van der Waals surface area contributed by atoms with E-state index < -0.39 is 12.1 Å². The molecule has 6 nitrogen and oxygen atoms in total. The highest BCUT2D eigenvalue weighted by molar-refractivity contribution is 5.71. The summed E-state index contributed by atoms with van der Waals surface area (Å²) in [4.78, 5) is 38.0. The van der Waals surface area contributed by atoms with Gasteiger partial charge in [-0.05, 0) is 96.3 Å². The summed E-state index contributed by atoms with van der Waals surface area (Å²) in [5.41, 5.74) is 0. The molecule has 0 aromatic heterocycles. The Morgan fingerprint density at radius 1 is 0.280 bits per heavy atom. The maximum atomic E-state index is 12.8. The number of unbranched alkanes of at least 4 members (excludes halogenated alkanes) is 24. The van der Waals surface area contributed by atoms with Gasteiger partial charge in [0, 0.05) is 19.3 Å². The second kappa shape index (κ2) is 62.4. The van der Waals surface area contributed by atoms with Crippen LogP contribution in [-0.2, 0) is 28.6 Å². The summed E-state index contributed by atoms with van der Waals surface area (Å²) in [6.07, 6.45) is 86.8. The highest BCUT2D eigenvalue weighted by atomic mass is 16.6. The van der Waals surface area contributed by atoms with Crippen LogP contribution in [0, 0.1) is 0 Å². The van der Waals surface area contributed by atoms with Gasteiger partial charge < -0.3 is 14.2 Å². The smallest absolute Gasteiger partial charge is 0.306 e. The molecular weight excluding hydrogens is 925 g/mol. The van der Waals surface area contributed by atoms with Crippen molar-refractivity contribution in [3.05, 3.63) is 122 Å². The van der Waals surface area contributed by atoms with Crippen LogP contribution in [0.5, 0.6) is 0 Å². The minimum Gasteiger partial charge on any atom is -0.462 e. The molecule has 1 atom stereocenters. The lowest BCUT2D eigenvalue weighted by Gasteiger charge is -2.18.